The molecule has 0 unspecified atom stereocenters. The number of aromatic nitrogens is 2. The van der Waals surface area contributed by atoms with Crippen LogP contribution in [0.15, 0.2) is 54.6 Å². The second-order valence-corrected chi connectivity index (χ2v) is 6.40. The SMILES string of the molecule is c1ccc(Oc2nc(OCCCN3CCOCC3)nc3ccccc23)cc1. The van der Waals surface area contributed by atoms with Gasteiger partial charge in [0, 0.05) is 19.6 Å². The molecule has 1 aliphatic heterocycles. The van der Waals surface area contributed by atoms with Crippen LogP contribution < -0.4 is 9.47 Å². The molecule has 2 heterocycles. The molecule has 0 radical (unpaired) electrons. The molecular weight excluding hydrogens is 342 g/mol. The Morgan fingerprint density at radius 2 is 1.70 bits per heavy atom. The van der Waals surface area contributed by atoms with Gasteiger partial charge in [-0.15, -0.1) is 0 Å². The van der Waals surface area contributed by atoms with Gasteiger partial charge in [-0.05, 0) is 30.7 Å². The summed E-state index contributed by atoms with van der Waals surface area (Å²) in [6.07, 6.45) is 0.922. The van der Waals surface area contributed by atoms with Gasteiger partial charge >= 0.3 is 6.01 Å². The number of morpholine rings is 1. The van der Waals surface area contributed by atoms with E-state index in [1.54, 1.807) is 0 Å². The van der Waals surface area contributed by atoms with Crippen molar-refractivity contribution in [1.29, 1.82) is 0 Å². The van der Waals surface area contributed by atoms with Crippen LogP contribution in [0.5, 0.6) is 17.6 Å². The highest BCUT2D eigenvalue weighted by molar-refractivity contribution is 5.83. The van der Waals surface area contributed by atoms with Crippen molar-refractivity contribution in [3.05, 3.63) is 54.6 Å². The van der Waals surface area contributed by atoms with Crippen LogP contribution in [0.25, 0.3) is 10.9 Å². The molecule has 140 valence electrons. The molecule has 0 N–H and O–H groups in total. The molecule has 1 aromatic heterocycles. The predicted molar refractivity (Wildman–Crippen MR) is 103 cm³/mol. The highest BCUT2D eigenvalue weighted by Gasteiger charge is 2.12. The molecule has 27 heavy (non-hydrogen) atoms. The van der Waals surface area contributed by atoms with Crippen LogP contribution in [-0.2, 0) is 4.74 Å². The fourth-order valence-electron chi connectivity index (χ4n) is 3.05. The van der Waals surface area contributed by atoms with Crippen LogP contribution in [0.3, 0.4) is 0 Å². The van der Waals surface area contributed by atoms with E-state index in [-0.39, 0.29) is 0 Å². The Kier molecular flexibility index (Phi) is 5.76. The summed E-state index contributed by atoms with van der Waals surface area (Å²) in [7, 11) is 0. The molecule has 1 saturated heterocycles. The standard InChI is InChI=1S/C21H23N3O3/c1-2-7-17(8-3-1)27-20-18-9-4-5-10-19(18)22-21(23-20)26-14-6-11-24-12-15-25-16-13-24/h1-5,7-10H,6,11-16H2. The van der Waals surface area contributed by atoms with E-state index in [0.29, 0.717) is 18.5 Å². The summed E-state index contributed by atoms with van der Waals surface area (Å²) in [5.41, 5.74) is 0.807. The van der Waals surface area contributed by atoms with Crippen molar-refractivity contribution in [3.63, 3.8) is 0 Å². The fraction of sp³-hybridized carbons (Fsp3) is 0.333. The summed E-state index contributed by atoms with van der Waals surface area (Å²) in [6.45, 7) is 5.16. The highest BCUT2D eigenvalue weighted by atomic mass is 16.5. The molecule has 0 atom stereocenters. The summed E-state index contributed by atoms with van der Waals surface area (Å²) in [4.78, 5) is 11.4. The molecule has 6 nitrogen and oxygen atoms in total. The molecule has 1 fully saturated rings. The van der Waals surface area contributed by atoms with E-state index in [9.17, 15) is 0 Å². The van der Waals surface area contributed by atoms with Gasteiger partial charge in [0.05, 0.1) is 30.7 Å². The molecule has 3 aromatic rings. The van der Waals surface area contributed by atoms with Gasteiger partial charge in [-0.25, -0.2) is 0 Å². The third-order valence-electron chi connectivity index (χ3n) is 4.46. The fourth-order valence-corrected chi connectivity index (χ4v) is 3.05. The monoisotopic (exact) mass is 365 g/mol. The van der Waals surface area contributed by atoms with E-state index in [1.807, 2.05) is 54.6 Å². The lowest BCUT2D eigenvalue weighted by molar-refractivity contribution is 0.0356. The van der Waals surface area contributed by atoms with E-state index in [1.165, 1.54) is 0 Å². The largest absolute Gasteiger partial charge is 0.463 e. The summed E-state index contributed by atoms with van der Waals surface area (Å²) in [5, 5.41) is 0.863. The number of hydrogen-bond donors (Lipinski definition) is 0. The average molecular weight is 365 g/mol. The van der Waals surface area contributed by atoms with E-state index in [4.69, 9.17) is 14.2 Å². The van der Waals surface area contributed by atoms with Crippen LogP contribution in [0.4, 0.5) is 0 Å². The number of rotatable bonds is 7. The first-order valence-electron chi connectivity index (χ1n) is 9.31. The minimum absolute atomic E-state index is 0.349. The van der Waals surface area contributed by atoms with Gasteiger partial charge in [0.25, 0.3) is 0 Å². The topological polar surface area (TPSA) is 56.7 Å². The summed E-state index contributed by atoms with van der Waals surface area (Å²) >= 11 is 0. The number of ether oxygens (including phenoxy) is 3. The number of benzene rings is 2. The van der Waals surface area contributed by atoms with Crippen molar-refractivity contribution in [3.8, 4) is 17.6 Å². The molecule has 0 bridgehead atoms. The molecule has 0 aliphatic carbocycles. The summed E-state index contributed by atoms with van der Waals surface area (Å²) in [5.74, 6) is 1.24. The van der Waals surface area contributed by atoms with Gasteiger partial charge in [-0.2, -0.15) is 9.97 Å². The van der Waals surface area contributed by atoms with Gasteiger partial charge in [0.2, 0.25) is 5.88 Å². The van der Waals surface area contributed by atoms with Gasteiger partial charge in [-0.1, -0.05) is 30.3 Å². The van der Waals surface area contributed by atoms with Crippen LogP contribution in [0, 0.1) is 0 Å². The first-order chi connectivity index (χ1) is 13.4. The number of nitrogens with zero attached hydrogens (tertiary/aromatic N) is 3. The first-order valence-corrected chi connectivity index (χ1v) is 9.31. The molecule has 4 rings (SSSR count). The second-order valence-electron chi connectivity index (χ2n) is 6.40. The van der Waals surface area contributed by atoms with E-state index < -0.39 is 0 Å². The molecule has 0 spiro atoms. The Bertz CT molecular complexity index is 867. The molecule has 0 saturated carbocycles. The molecular formula is C21H23N3O3. The van der Waals surface area contributed by atoms with Crippen LogP contribution in [-0.4, -0.2) is 54.3 Å². The normalized spacial score (nSPS) is 15.0. The van der Waals surface area contributed by atoms with Crippen molar-refractivity contribution in [2.24, 2.45) is 0 Å². The number of para-hydroxylation sites is 2. The van der Waals surface area contributed by atoms with E-state index in [2.05, 4.69) is 14.9 Å². The smallest absolute Gasteiger partial charge is 0.320 e. The quantitative estimate of drug-likeness (QED) is 0.597. The molecule has 0 amide bonds. The van der Waals surface area contributed by atoms with Gasteiger partial charge < -0.3 is 14.2 Å². The zero-order valence-electron chi connectivity index (χ0n) is 15.2. The van der Waals surface area contributed by atoms with Crippen molar-refractivity contribution in [2.45, 2.75) is 6.42 Å². The third kappa shape index (κ3) is 4.72. The number of fused-ring (bicyclic) bond motifs is 1. The lowest BCUT2D eigenvalue weighted by atomic mass is 10.2. The van der Waals surface area contributed by atoms with Gasteiger partial charge in [-0.3, -0.25) is 4.90 Å². The summed E-state index contributed by atoms with van der Waals surface area (Å²) in [6, 6.07) is 17.8. The lowest BCUT2D eigenvalue weighted by Crippen LogP contribution is -2.37. The lowest BCUT2D eigenvalue weighted by Gasteiger charge is -2.26. The Labute approximate surface area is 158 Å². The van der Waals surface area contributed by atoms with E-state index >= 15 is 0 Å². The van der Waals surface area contributed by atoms with Gasteiger partial charge in [0.1, 0.15) is 5.75 Å². The Balaban J connectivity index is 1.44. The van der Waals surface area contributed by atoms with Crippen LogP contribution in [0.1, 0.15) is 6.42 Å². The predicted octanol–water partition coefficient (Wildman–Crippen LogP) is 3.52. The average Bonchev–Trinajstić information content (AvgIpc) is 2.73. The van der Waals surface area contributed by atoms with E-state index in [0.717, 1.165) is 55.9 Å². The maximum absolute atomic E-state index is 5.98. The zero-order chi connectivity index (χ0) is 18.3. The highest BCUT2D eigenvalue weighted by Crippen LogP contribution is 2.28. The molecule has 6 heteroatoms. The van der Waals surface area contributed by atoms with Gasteiger partial charge in [0.15, 0.2) is 0 Å². The van der Waals surface area contributed by atoms with Crippen molar-refractivity contribution < 1.29 is 14.2 Å². The Hall–Kier alpha value is -2.70. The Morgan fingerprint density at radius 3 is 2.56 bits per heavy atom. The minimum atomic E-state index is 0.349. The van der Waals surface area contributed by atoms with Crippen molar-refractivity contribution in [2.75, 3.05) is 39.5 Å². The maximum Gasteiger partial charge on any atom is 0.320 e. The van der Waals surface area contributed by atoms with Crippen molar-refractivity contribution >= 4 is 10.9 Å². The minimum Gasteiger partial charge on any atom is -0.463 e. The zero-order valence-corrected chi connectivity index (χ0v) is 15.2. The van der Waals surface area contributed by atoms with Crippen LogP contribution in [0.2, 0.25) is 0 Å². The number of hydrogen-bond acceptors (Lipinski definition) is 6. The van der Waals surface area contributed by atoms with Crippen molar-refractivity contribution in [1.82, 2.24) is 14.9 Å². The maximum atomic E-state index is 5.98. The molecule has 2 aromatic carbocycles. The van der Waals surface area contributed by atoms with Crippen LogP contribution >= 0.6 is 0 Å². The summed E-state index contributed by atoms with van der Waals surface area (Å²) < 4.78 is 17.2. The Morgan fingerprint density at radius 1 is 0.926 bits per heavy atom. The first kappa shape index (κ1) is 17.7. The second kappa shape index (κ2) is 8.79. The third-order valence-corrected chi connectivity index (χ3v) is 4.46. The molecule has 1 aliphatic rings.